The summed E-state index contributed by atoms with van der Waals surface area (Å²) >= 11 is 0. The predicted molar refractivity (Wildman–Crippen MR) is 89.6 cm³/mol. The van der Waals surface area contributed by atoms with Crippen LogP contribution in [0.4, 0.5) is 0 Å². The van der Waals surface area contributed by atoms with Crippen molar-refractivity contribution in [1.29, 1.82) is 0 Å². The van der Waals surface area contributed by atoms with Crippen molar-refractivity contribution in [2.45, 2.75) is 64.7 Å². The van der Waals surface area contributed by atoms with E-state index in [1.54, 1.807) is 0 Å². The minimum atomic E-state index is 1.00. The Hall–Kier alpha value is -1.50. The lowest BCUT2D eigenvalue weighted by Crippen LogP contribution is -1.87. The molecule has 0 atom stereocenters. The van der Waals surface area contributed by atoms with Gasteiger partial charge in [0.2, 0.25) is 0 Å². The number of benzene rings is 1. The van der Waals surface area contributed by atoms with E-state index in [2.05, 4.69) is 49.4 Å². The van der Waals surface area contributed by atoms with Crippen molar-refractivity contribution in [3.8, 4) is 0 Å². The molecule has 21 heavy (non-hydrogen) atoms. The van der Waals surface area contributed by atoms with E-state index < -0.39 is 0 Å². The molecule has 0 N–H and O–H groups in total. The number of furan rings is 1. The van der Waals surface area contributed by atoms with Crippen molar-refractivity contribution in [2.75, 3.05) is 0 Å². The molecule has 1 heteroatoms. The molecule has 0 amide bonds. The van der Waals surface area contributed by atoms with Gasteiger partial charge in [0.1, 0.15) is 11.5 Å². The van der Waals surface area contributed by atoms with Gasteiger partial charge in [0.25, 0.3) is 0 Å². The Morgan fingerprint density at radius 3 is 1.95 bits per heavy atom. The monoisotopic (exact) mass is 284 g/mol. The molecule has 0 saturated heterocycles. The first-order valence-electron chi connectivity index (χ1n) is 8.50. The van der Waals surface area contributed by atoms with Gasteiger partial charge in [0.15, 0.2) is 0 Å². The van der Waals surface area contributed by atoms with E-state index in [9.17, 15) is 0 Å². The third-order valence-corrected chi connectivity index (χ3v) is 4.05. The van der Waals surface area contributed by atoms with E-state index in [1.165, 1.54) is 50.5 Å². The smallest absolute Gasteiger partial charge is 0.104 e. The molecule has 2 aromatic rings. The molecule has 0 fully saturated rings. The quantitative estimate of drug-likeness (QED) is 0.490. The lowest BCUT2D eigenvalue weighted by Gasteiger charge is -2.02. The van der Waals surface area contributed by atoms with Crippen LogP contribution in [0.25, 0.3) is 0 Å². The fourth-order valence-corrected chi connectivity index (χ4v) is 2.73. The Kier molecular flexibility index (Phi) is 7.14. The van der Waals surface area contributed by atoms with Gasteiger partial charge < -0.3 is 4.42 Å². The molecule has 0 aliphatic rings. The van der Waals surface area contributed by atoms with Gasteiger partial charge in [0, 0.05) is 12.8 Å². The first-order valence-corrected chi connectivity index (χ1v) is 8.50. The summed E-state index contributed by atoms with van der Waals surface area (Å²) in [7, 11) is 0. The fraction of sp³-hybridized carbons (Fsp3) is 0.500. The second-order valence-corrected chi connectivity index (χ2v) is 5.83. The van der Waals surface area contributed by atoms with Gasteiger partial charge in [-0.05, 0) is 37.0 Å². The second-order valence-electron chi connectivity index (χ2n) is 5.83. The van der Waals surface area contributed by atoms with Crippen LogP contribution in [0, 0.1) is 0 Å². The standard InChI is InChI=1S/C20H28O/c1-2-19-16-17-20(21-19)15-11-6-4-3-5-8-12-18-13-9-7-10-14-18/h7,9-10,13-14,16-17H,2-6,8,11-12,15H2,1H3. The SMILES string of the molecule is CCc1ccc(CCCCCCCCc2ccccc2)o1. The van der Waals surface area contributed by atoms with E-state index in [-0.39, 0.29) is 0 Å². The van der Waals surface area contributed by atoms with Crippen LogP contribution in [0.2, 0.25) is 0 Å². The van der Waals surface area contributed by atoms with Crippen LogP contribution in [-0.4, -0.2) is 0 Å². The third-order valence-electron chi connectivity index (χ3n) is 4.05. The summed E-state index contributed by atoms with van der Waals surface area (Å²) in [6, 6.07) is 15.1. The summed E-state index contributed by atoms with van der Waals surface area (Å²) in [5, 5.41) is 0. The van der Waals surface area contributed by atoms with Crippen molar-refractivity contribution in [3.05, 3.63) is 59.5 Å². The van der Waals surface area contributed by atoms with E-state index in [0.29, 0.717) is 0 Å². The highest BCUT2D eigenvalue weighted by Crippen LogP contribution is 2.14. The molecule has 0 spiro atoms. The largest absolute Gasteiger partial charge is 0.466 e. The van der Waals surface area contributed by atoms with E-state index in [4.69, 9.17) is 4.42 Å². The Bertz CT molecular complexity index is 484. The van der Waals surface area contributed by atoms with Crippen LogP contribution in [-0.2, 0) is 19.3 Å². The molecular formula is C20H28O. The Morgan fingerprint density at radius 2 is 1.29 bits per heavy atom. The summed E-state index contributed by atoms with van der Waals surface area (Å²) < 4.78 is 5.73. The molecule has 0 radical (unpaired) electrons. The van der Waals surface area contributed by atoms with Gasteiger partial charge >= 0.3 is 0 Å². The molecule has 1 aromatic heterocycles. The number of unbranched alkanes of at least 4 members (excludes halogenated alkanes) is 5. The van der Waals surface area contributed by atoms with Crippen molar-refractivity contribution in [1.82, 2.24) is 0 Å². The summed E-state index contributed by atoms with van der Waals surface area (Å²) in [5.74, 6) is 2.28. The summed E-state index contributed by atoms with van der Waals surface area (Å²) in [6.45, 7) is 2.14. The average Bonchev–Trinajstić information content (AvgIpc) is 2.99. The number of hydrogen-bond donors (Lipinski definition) is 0. The molecule has 1 nitrogen and oxygen atoms in total. The van der Waals surface area contributed by atoms with Crippen LogP contribution in [0.1, 0.15) is 62.5 Å². The molecule has 0 unspecified atom stereocenters. The summed E-state index contributed by atoms with van der Waals surface area (Å²) in [4.78, 5) is 0. The van der Waals surface area contributed by atoms with Gasteiger partial charge in [-0.25, -0.2) is 0 Å². The minimum absolute atomic E-state index is 1.00. The third kappa shape index (κ3) is 6.20. The Labute approximate surface area is 129 Å². The lowest BCUT2D eigenvalue weighted by atomic mass is 10.0. The predicted octanol–water partition coefficient (Wildman–Crippen LogP) is 5.97. The van der Waals surface area contributed by atoms with Crippen molar-refractivity contribution in [2.24, 2.45) is 0 Å². The minimum Gasteiger partial charge on any atom is -0.466 e. The normalized spacial score (nSPS) is 10.9. The highest BCUT2D eigenvalue weighted by molar-refractivity contribution is 5.14. The highest BCUT2D eigenvalue weighted by Gasteiger charge is 2.00. The van der Waals surface area contributed by atoms with E-state index in [0.717, 1.165) is 24.4 Å². The van der Waals surface area contributed by atoms with Gasteiger partial charge in [0.05, 0.1) is 0 Å². The fourth-order valence-electron chi connectivity index (χ4n) is 2.73. The maximum Gasteiger partial charge on any atom is 0.104 e. The van der Waals surface area contributed by atoms with Crippen LogP contribution < -0.4 is 0 Å². The van der Waals surface area contributed by atoms with Gasteiger partial charge in [-0.3, -0.25) is 0 Å². The zero-order valence-electron chi connectivity index (χ0n) is 13.3. The number of rotatable bonds is 10. The molecule has 114 valence electrons. The van der Waals surface area contributed by atoms with Crippen LogP contribution in [0.5, 0.6) is 0 Å². The summed E-state index contributed by atoms with van der Waals surface area (Å²) in [5.41, 5.74) is 1.47. The van der Waals surface area contributed by atoms with Crippen molar-refractivity contribution < 1.29 is 4.42 Å². The molecule has 0 saturated carbocycles. The zero-order valence-corrected chi connectivity index (χ0v) is 13.3. The van der Waals surface area contributed by atoms with Crippen LogP contribution in [0.3, 0.4) is 0 Å². The molecule has 1 aromatic carbocycles. The van der Waals surface area contributed by atoms with Crippen LogP contribution in [0.15, 0.2) is 46.9 Å². The Morgan fingerprint density at radius 1 is 0.667 bits per heavy atom. The molecule has 0 bridgehead atoms. The maximum absolute atomic E-state index is 5.73. The topological polar surface area (TPSA) is 13.1 Å². The molecule has 0 aliphatic carbocycles. The van der Waals surface area contributed by atoms with Crippen molar-refractivity contribution >= 4 is 0 Å². The van der Waals surface area contributed by atoms with Gasteiger partial charge in [-0.2, -0.15) is 0 Å². The molecule has 1 heterocycles. The second kappa shape index (κ2) is 9.44. The van der Waals surface area contributed by atoms with Gasteiger partial charge in [-0.1, -0.05) is 62.9 Å². The first-order chi connectivity index (χ1) is 10.4. The van der Waals surface area contributed by atoms with Crippen LogP contribution >= 0.6 is 0 Å². The number of aryl methyl sites for hydroxylation is 3. The number of hydrogen-bond acceptors (Lipinski definition) is 1. The maximum atomic E-state index is 5.73. The first kappa shape index (κ1) is 15.9. The molecular weight excluding hydrogens is 256 g/mol. The van der Waals surface area contributed by atoms with Crippen molar-refractivity contribution in [3.63, 3.8) is 0 Å². The van der Waals surface area contributed by atoms with Gasteiger partial charge in [-0.15, -0.1) is 0 Å². The highest BCUT2D eigenvalue weighted by atomic mass is 16.3. The van der Waals surface area contributed by atoms with E-state index in [1.807, 2.05) is 0 Å². The lowest BCUT2D eigenvalue weighted by molar-refractivity contribution is 0.458. The van der Waals surface area contributed by atoms with E-state index >= 15 is 0 Å². The average molecular weight is 284 g/mol. The molecule has 0 aliphatic heterocycles. The molecule has 2 rings (SSSR count). The zero-order chi connectivity index (χ0) is 14.8. The summed E-state index contributed by atoms with van der Waals surface area (Å²) in [6.07, 6.45) is 11.3. The Balaban J connectivity index is 1.45.